The Balaban J connectivity index is 2.67. The molecule has 4 heteroatoms. The molecule has 0 amide bonds. The lowest BCUT2D eigenvalue weighted by Crippen LogP contribution is -2.30. The minimum atomic E-state index is -0.786. The molecule has 2 atom stereocenters. The van der Waals surface area contributed by atoms with Crippen molar-refractivity contribution in [3.63, 3.8) is 0 Å². The lowest BCUT2D eigenvalue weighted by Gasteiger charge is -2.17. The molecule has 0 aromatic carbocycles. The summed E-state index contributed by atoms with van der Waals surface area (Å²) in [6, 6.07) is 0. The molecule has 0 heterocycles. The lowest BCUT2D eigenvalue weighted by atomic mass is 9.88. The van der Waals surface area contributed by atoms with Crippen LogP contribution in [0.1, 0.15) is 26.2 Å². The van der Waals surface area contributed by atoms with Crippen LogP contribution in [0.5, 0.6) is 0 Å². The van der Waals surface area contributed by atoms with Gasteiger partial charge in [0.25, 0.3) is 0 Å². The van der Waals surface area contributed by atoms with Gasteiger partial charge in [0.1, 0.15) is 24.1 Å². The average Bonchev–Trinajstić information content (AvgIpc) is 2.61. The molecule has 0 aromatic rings. The zero-order valence-electron chi connectivity index (χ0n) is 9.40. The van der Waals surface area contributed by atoms with E-state index in [4.69, 9.17) is 4.74 Å². The highest BCUT2D eigenvalue weighted by Gasteiger charge is 2.37. The average molecular weight is 224 g/mol. The van der Waals surface area contributed by atoms with Gasteiger partial charge < -0.3 is 4.74 Å². The van der Waals surface area contributed by atoms with E-state index in [-0.39, 0.29) is 24.1 Å². The van der Waals surface area contributed by atoms with Crippen LogP contribution in [0.25, 0.3) is 0 Å². The topological polar surface area (TPSA) is 60.4 Å². The second-order valence-corrected chi connectivity index (χ2v) is 4.05. The molecule has 1 fully saturated rings. The van der Waals surface area contributed by atoms with Crippen LogP contribution in [0.3, 0.4) is 0 Å². The van der Waals surface area contributed by atoms with Gasteiger partial charge in [0.05, 0.1) is 0 Å². The first-order chi connectivity index (χ1) is 7.56. The van der Waals surface area contributed by atoms with Gasteiger partial charge in [0.2, 0.25) is 0 Å². The Hall–Kier alpha value is -1.45. The Labute approximate surface area is 94.7 Å². The molecule has 16 heavy (non-hydrogen) atoms. The molecule has 1 saturated carbocycles. The van der Waals surface area contributed by atoms with Gasteiger partial charge in [-0.05, 0) is 19.3 Å². The minimum Gasteiger partial charge on any atom is -0.461 e. The van der Waals surface area contributed by atoms with Crippen molar-refractivity contribution in [3.8, 4) is 0 Å². The van der Waals surface area contributed by atoms with E-state index in [9.17, 15) is 14.4 Å². The fourth-order valence-corrected chi connectivity index (χ4v) is 2.05. The molecule has 0 spiro atoms. The van der Waals surface area contributed by atoms with Crippen LogP contribution in [-0.2, 0) is 19.1 Å². The summed E-state index contributed by atoms with van der Waals surface area (Å²) in [6.45, 7) is 4.89. The fourth-order valence-electron chi connectivity index (χ4n) is 2.05. The molecular formula is C12H16O4. The maximum atomic E-state index is 11.6. The molecule has 1 aliphatic rings. The summed E-state index contributed by atoms with van der Waals surface area (Å²) in [5.74, 6) is -1.61. The number of hydrogen-bond donors (Lipinski definition) is 0. The third kappa shape index (κ3) is 3.02. The van der Waals surface area contributed by atoms with Crippen LogP contribution < -0.4 is 0 Å². The number of esters is 1. The fraction of sp³-hybridized carbons (Fsp3) is 0.583. The van der Waals surface area contributed by atoms with Gasteiger partial charge in [-0.25, -0.2) is 0 Å². The van der Waals surface area contributed by atoms with Gasteiger partial charge in [-0.2, -0.15) is 0 Å². The van der Waals surface area contributed by atoms with Crippen LogP contribution in [-0.4, -0.2) is 24.1 Å². The summed E-state index contributed by atoms with van der Waals surface area (Å²) >= 11 is 0. The van der Waals surface area contributed by atoms with E-state index in [1.807, 2.05) is 0 Å². The third-order valence-corrected chi connectivity index (χ3v) is 2.79. The van der Waals surface area contributed by atoms with E-state index in [1.165, 1.54) is 13.0 Å². The number of carbonyl (C=O) groups excluding carboxylic acids is 3. The predicted octanol–water partition coefficient (Wildman–Crippen LogP) is 1.29. The molecule has 0 aromatic heterocycles. The normalized spacial score (nSPS) is 21.6. The summed E-state index contributed by atoms with van der Waals surface area (Å²) in [7, 11) is 0. The summed E-state index contributed by atoms with van der Waals surface area (Å²) in [5.41, 5.74) is 0. The molecule has 88 valence electrons. The first-order valence-electron chi connectivity index (χ1n) is 5.36. The third-order valence-electron chi connectivity index (χ3n) is 2.79. The first kappa shape index (κ1) is 12.6. The monoisotopic (exact) mass is 224 g/mol. The van der Waals surface area contributed by atoms with Gasteiger partial charge in [-0.3, -0.25) is 14.4 Å². The van der Waals surface area contributed by atoms with Crippen molar-refractivity contribution in [1.82, 2.24) is 0 Å². The van der Waals surface area contributed by atoms with Crippen molar-refractivity contribution in [3.05, 3.63) is 12.7 Å². The second-order valence-electron chi connectivity index (χ2n) is 4.05. The van der Waals surface area contributed by atoms with Crippen molar-refractivity contribution < 1.29 is 19.1 Å². The lowest BCUT2D eigenvalue weighted by molar-refractivity contribution is -0.152. The maximum Gasteiger partial charge on any atom is 0.317 e. The molecule has 0 aliphatic heterocycles. The zero-order chi connectivity index (χ0) is 12.1. The van der Waals surface area contributed by atoms with E-state index in [0.29, 0.717) is 19.3 Å². The Morgan fingerprint density at radius 2 is 2.31 bits per heavy atom. The quantitative estimate of drug-likeness (QED) is 0.401. The van der Waals surface area contributed by atoms with Crippen LogP contribution in [0.2, 0.25) is 0 Å². The van der Waals surface area contributed by atoms with Gasteiger partial charge in [-0.1, -0.05) is 12.7 Å². The number of ether oxygens (including phenoxy) is 1. The van der Waals surface area contributed by atoms with Gasteiger partial charge in [-0.15, -0.1) is 0 Å². The van der Waals surface area contributed by atoms with E-state index >= 15 is 0 Å². The van der Waals surface area contributed by atoms with Crippen molar-refractivity contribution in [2.24, 2.45) is 11.8 Å². The first-order valence-corrected chi connectivity index (χ1v) is 5.36. The van der Waals surface area contributed by atoms with E-state index in [1.54, 1.807) is 0 Å². The van der Waals surface area contributed by atoms with Crippen LogP contribution >= 0.6 is 0 Å². The number of Topliss-reactive ketones (excluding diaryl/α,β-unsaturated/α-hetero) is 2. The summed E-state index contributed by atoms with van der Waals surface area (Å²) in [5, 5.41) is 0. The predicted molar refractivity (Wildman–Crippen MR) is 57.7 cm³/mol. The van der Waals surface area contributed by atoms with Crippen molar-refractivity contribution in [1.29, 1.82) is 0 Å². The van der Waals surface area contributed by atoms with Crippen LogP contribution in [0.4, 0.5) is 0 Å². The SMILES string of the molecule is C=CCOC(=O)C(C(C)=O)C1CCC(=O)C1. The summed E-state index contributed by atoms with van der Waals surface area (Å²) in [6.07, 6.45) is 2.83. The van der Waals surface area contributed by atoms with Gasteiger partial charge in [0, 0.05) is 12.8 Å². The van der Waals surface area contributed by atoms with Crippen LogP contribution in [0, 0.1) is 11.8 Å². The largest absolute Gasteiger partial charge is 0.461 e. The molecule has 0 saturated heterocycles. The number of ketones is 2. The highest BCUT2D eigenvalue weighted by atomic mass is 16.5. The van der Waals surface area contributed by atoms with E-state index < -0.39 is 11.9 Å². The smallest absolute Gasteiger partial charge is 0.317 e. The second kappa shape index (κ2) is 5.58. The Kier molecular flexibility index (Phi) is 4.40. The molecule has 0 radical (unpaired) electrons. The standard InChI is InChI=1S/C12H16O4/c1-3-6-16-12(15)11(8(2)13)9-4-5-10(14)7-9/h3,9,11H,1,4-7H2,2H3. The summed E-state index contributed by atoms with van der Waals surface area (Å²) < 4.78 is 4.87. The van der Waals surface area contributed by atoms with Gasteiger partial charge in [0.15, 0.2) is 0 Å². The Morgan fingerprint density at radius 3 is 2.75 bits per heavy atom. The van der Waals surface area contributed by atoms with Crippen molar-refractivity contribution in [2.75, 3.05) is 6.61 Å². The molecule has 1 aliphatic carbocycles. The van der Waals surface area contributed by atoms with Crippen molar-refractivity contribution in [2.45, 2.75) is 26.2 Å². The molecular weight excluding hydrogens is 208 g/mol. The Bertz CT molecular complexity index is 319. The Morgan fingerprint density at radius 1 is 1.62 bits per heavy atom. The van der Waals surface area contributed by atoms with Crippen LogP contribution in [0.15, 0.2) is 12.7 Å². The summed E-state index contributed by atoms with van der Waals surface area (Å²) in [4.78, 5) is 34.2. The molecule has 4 nitrogen and oxygen atoms in total. The zero-order valence-corrected chi connectivity index (χ0v) is 9.40. The number of carbonyl (C=O) groups is 3. The van der Waals surface area contributed by atoms with E-state index in [2.05, 4.69) is 6.58 Å². The number of rotatable bonds is 5. The minimum absolute atomic E-state index is 0.100. The molecule has 0 N–H and O–H groups in total. The maximum absolute atomic E-state index is 11.6. The van der Waals surface area contributed by atoms with Gasteiger partial charge >= 0.3 is 5.97 Å². The molecule has 0 bridgehead atoms. The van der Waals surface area contributed by atoms with E-state index in [0.717, 1.165) is 0 Å². The highest BCUT2D eigenvalue weighted by molar-refractivity contribution is 5.99. The highest BCUT2D eigenvalue weighted by Crippen LogP contribution is 2.30. The molecule has 2 unspecified atom stereocenters. The van der Waals surface area contributed by atoms with Crippen molar-refractivity contribution >= 4 is 17.5 Å². The molecule has 1 rings (SSSR count). The number of hydrogen-bond acceptors (Lipinski definition) is 4.